The van der Waals surface area contributed by atoms with Crippen molar-refractivity contribution in [1.29, 1.82) is 0 Å². The highest BCUT2D eigenvalue weighted by Crippen LogP contribution is 2.31. The number of halogens is 1. The van der Waals surface area contributed by atoms with Gasteiger partial charge in [0.05, 0.1) is 41.2 Å². The number of nitrogens with zero attached hydrogens (tertiary/aromatic N) is 3. The minimum Gasteiger partial charge on any atom is -0.367 e. The van der Waals surface area contributed by atoms with Gasteiger partial charge >= 0.3 is 31.2 Å². The van der Waals surface area contributed by atoms with Crippen molar-refractivity contribution < 1.29 is 59.9 Å². The van der Waals surface area contributed by atoms with Gasteiger partial charge in [0.15, 0.2) is 9.84 Å². The van der Waals surface area contributed by atoms with Crippen molar-refractivity contribution in [1.82, 2.24) is 0 Å². The average Bonchev–Trinajstić information content (AvgIpc) is 2.80. The number of hydrogen-bond acceptors (Lipinski definition) is 14. The number of hydrogen-bond donors (Lipinski definition) is 3. The van der Waals surface area contributed by atoms with Crippen LogP contribution in [0.5, 0.6) is 0 Å². The molecule has 3 N–H and O–H groups in total. The summed E-state index contributed by atoms with van der Waals surface area (Å²) in [5, 5.41) is 7.97. The molecular formula is C18H22ClN3O14S4. The monoisotopic (exact) mass is 667 g/mol. The first kappa shape index (κ1) is 33.9. The van der Waals surface area contributed by atoms with Gasteiger partial charge in [-0.1, -0.05) is 11.6 Å². The SMILES string of the molecule is O=S(=O)(O)OCCN(CCOS(=O)(=O)O)c1ccc(/N=N/c2ccc(S(=O)(=O)CCOS(=O)(=O)O)cc2)c(Cl)c1. The maximum absolute atomic E-state index is 12.2. The lowest BCUT2D eigenvalue weighted by atomic mass is 10.2. The minimum absolute atomic E-state index is 0.0516. The molecule has 0 spiro atoms. The van der Waals surface area contributed by atoms with Gasteiger partial charge in [-0.15, -0.1) is 5.11 Å². The fraction of sp³-hybridized carbons (Fsp3) is 0.333. The number of anilines is 1. The van der Waals surface area contributed by atoms with Crippen LogP contribution < -0.4 is 4.90 Å². The highest BCUT2D eigenvalue weighted by atomic mass is 35.5. The molecule has 2 aromatic rings. The van der Waals surface area contributed by atoms with Gasteiger partial charge in [-0.25, -0.2) is 21.0 Å². The molecular weight excluding hydrogens is 646 g/mol. The van der Waals surface area contributed by atoms with Crippen LogP contribution in [0, 0.1) is 0 Å². The second-order valence-electron chi connectivity index (χ2n) is 7.38. The van der Waals surface area contributed by atoms with Gasteiger partial charge in [-0.05, 0) is 42.5 Å². The van der Waals surface area contributed by atoms with Crippen molar-refractivity contribution in [3.63, 3.8) is 0 Å². The van der Waals surface area contributed by atoms with E-state index in [4.69, 9.17) is 25.3 Å². The lowest BCUT2D eigenvalue weighted by Gasteiger charge is -2.24. The molecule has 22 heteroatoms. The highest BCUT2D eigenvalue weighted by molar-refractivity contribution is 7.91. The first-order valence-electron chi connectivity index (χ1n) is 10.5. The summed E-state index contributed by atoms with van der Waals surface area (Å²) in [6.45, 7) is -2.19. The number of sulfone groups is 1. The number of azo groups is 1. The van der Waals surface area contributed by atoms with E-state index in [9.17, 15) is 33.7 Å². The van der Waals surface area contributed by atoms with Crippen molar-refractivity contribution in [3.8, 4) is 0 Å². The second kappa shape index (κ2) is 14.0. The summed E-state index contributed by atoms with van der Waals surface area (Å²) in [7, 11) is -18.2. The second-order valence-corrected chi connectivity index (χ2v) is 13.2. The maximum atomic E-state index is 12.2. The number of benzene rings is 2. The molecule has 0 aromatic heterocycles. The lowest BCUT2D eigenvalue weighted by Crippen LogP contribution is -2.32. The van der Waals surface area contributed by atoms with E-state index in [-0.39, 0.29) is 34.4 Å². The molecule has 0 aliphatic heterocycles. The van der Waals surface area contributed by atoms with Crippen LogP contribution in [-0.2, 0) is 53.6 Å². The lowest BCUT2D eigenvalue weighted by molar-refractivity contribution is 0.261. The molecule has 0 saturated heterocycles. The van der Waals surface area contributed by atoms with Crippen LogP contribution >= 0.6 is 11.6 Å². The largest absolute Gasteiger partial charge is 0.397 e. The van der Waals surface area contributed by atoms with Crippen LogP contribution in [0.4, 0.5) is 17.1 Å². The van der Waals surface area contributed by atoms with Gasteiger partial charge in [-0.3, -0.25) is 13.7 Å². The van der Waals surface area contributed by atoms with Gasteiger partial charge in [-0.2, -0.15) is 30.4 Å². The molecule has 2 aromatic carbocycles. The predicted octanol–water partition coefficient (Wildman–Crippen LogP) is 1.79. The van der Waals surface area contributed by atoms with E-state index in [1.54, 1.807) is 0 Å². The highest BCUT2D eigenvalue weighted by Gasteiger charge is 2.17. The molecule has 0 amide bonds. The Kier molecular flexibility index (Phi) is 11.9. The standard InChI is InChI=1S/C18H22ClN3O14S4/c19-17-13-15(22(7-9-34-38(25,26)27)8-10-35-39(28,29)30)3-6-18(17)21-20-14-1-4-16(5-2-14)37(23,24)12-11-36-40(31,32)33/h1-6,13H,7-12H2,(H,25,26,27)(H,28,29,30)(H,31,32,33)/b21-20+. The van der Waals surface area contributed by atoms with Crippen LogP contribution in [0.1, 0.15) is 0 Å². The van der Waals surface area contributed by atoms with E-state index in [0.717, 1.165) is 0 Å². The van der Waals surface area contributed by atoms with Gasteiger partial charge in [0.2, 0.25) is 0 Å². The molecule has 224 valence electrons. The third-order valence-corrected chi connectivity index (χ3v) is 7.93. The van der Waals surface area contributed by atoms with Crippen LogP contribution in [0.15, 0.2) is 57.6 Å². The van der Waals surface area contributed by atoms with Crippen LogP contribution in [-0.4, -0.2) is 86.0 Å². The van der Waals surface area contributed by atoms with E-state index in [1.165, 1.54) is 47.4 Å². The number of rotatable bonds is 16. The van der Waals surface area contributed by atoms with Gasteiger partial charge in [0, 0.05) is 18.8 Å². The minimum atomic E-state index is -4.78. The molecule has 0 saturated carbocycles. The third-order valence-electron chi connectivity index (χ3n) is 4.54. The van der Waals surface area contributed by atoms with Crippen molar-refractivity contribution in [2.75, 3.05) is 43.6 Å². The Hall–Kier alpha value is -2.31. The Morgan fingerprint density at radius 3 is 1.68 bits per heavy atom. The van der Waals surface area contributed by atoms with Gasteiger partial charge in [0.1, 0.15) is 5.69 Å². The van der Waals surface area contributed by atoms with E-state index in [2.05, 4.69) is 22.8 Å². The fourth-order valence-corrected chi connectivity index (χ4v) is 5.12. The zero-order valence-electron chi connectivity index (χ0n) is 20.0. The van der Waals surface area contributed by atoms with Crippen LogP contribution in [0.3, 0.4) is 0 Å². The zero-order chi connectivity index (χ0) is 30.2. The van der Waals surface area contributed by atoms with Gasteiger partial charge in [0.25, 0.3) is 0 Å². The van der Waals surface area contributed by atoms with E-state index in [1.807, 2.05) is 0 Å². The summed E-state index contributed by atoms with van der Waals surface area (Å²) in [6.07, 6.45) is 0. The maximum Gasteiger partial charge on any atom is 0.397 e. The van der Waals surface area contributed by atoms with Crippen molar-refractivity contribution in [2.45, 2.75) is 4.90 Å². The van der Waals surface area contributed by atoms with E-state index >= 15 is 0 Å². The van der Waals surface area contributed by atoms with Crippen LogP contribution in [0.25, 0.3) is 0 Å². The first-order valence-corrected chi connectivity index (χ1v) is 16.6. The molecule has 0 unspecified atom stereocenters. The normalized spacial score (nSPS) is 13.1. The summed E-state index contributed by atoms with van der Waals surface area (Å²) in [4.78, 5) is 1.22. The molecule has 0 fully saturated rings. The molecule has 0 heterocycles. The zero-order valence-corrected chi connectivity index (χ0v) is 24.0. The van der Waals surface area contributed by atoms with Gasteiger partial charge < -0.3 is 4.90 Å². The molecule has 17 nitrogen and oxygen atoms in total. The fourth-order valence-electron chi connectivity index (χ4n) is 2.85. The molecule has 0 aliphatic rings. The summed E-state index contributed by atoms with van der Waals surface area (Å²) in [6, 6.07) is 9.27. The summed E-state index contributed by atoms with van der Waals surface area (Å²) < 4.78 is 127. The summed E-state index contributed by atoms with van der Waals surface area (Å²) in [5.74, 6) is -0.712. The Morgan fingerprint density at radius 2 is 1.20 bits per heavy atom. The Labute approximate surface area is 235 Å². The van der Waals surface area contributed by atoms with E-state index in [0.29, 0.717) is 5.69 Å². The Balaban J connectivity index is 2.13. The van der Waals surface area contributed by atoms with Crippen LogP contribution in [0.2, 0.25) is 5.02 Å². The summed E-state index contributed by atoms with van der Waals surface area (Å²) in [5.41, 5.74) is 0.710. The van der Waals surface area contributed by atoms with Crippen molar-refractivity contribution in [3.05, 3.63) is 47.5 Å². The molecule has 0 radical (unpaired) electrons. The predicted molar refractivity (Wildman–Crippen MR) is 139 cm³/mol. The van der Waals surface area contributed by atoms with E-state index < -0.39 is 66.6 Å². The Bertz CT molecular complexity index is 1590. The van der Waals surface area contributed by atoms with Crippen molar-refractivity contribution in [2.24, 2.45) is 10.2 Å². The smallest absolute Gasteiger partial charge is 0.367 e. The molecule has 2 rings (SSSR count). The molecule has 40 heavy (non-hydrogen) atoms. The molecule has 0 aliphatic carbocycles. The quantitative estimate of drug-likeness (QED) is 0.170. The molecule has 0 atom stereocenters. The first-order chi connectivity index (χ1) is 18.3. The summed E-state index contributed by atoms with van der Waals surface area (Å²) >= 11 is 6.25. The Morgan fingerprint density at radius 1 is 0.700 bits per heavy atom. The average molecular weight is 668 g/mol. The topological polar surface area (TPSA) is 253 Å². The van der Waals surface area contributed by atoms with Crippen molar-refractivity contribution >= 4 is 69.7 Å². The molecule has 0 bridgehead atoms. The third kappa shape index (κ3) is 12.9.